The summed E-state index contributed by atoms with van der Waals surface area (Å²) in [7, 11) is 0. The second-order valence-corrected chi connectivity index (χ2v) is 10.9. The summed E-state index contributed by atoms with van der Waals surface area (Å²) in [5.74, 6) is -0.00145. The number of amides is 2. The number of likely N-dealkylation sites (tertiary alicyclic amines) is 2. The minimum absolute atomic E-state index is 0.126. The van der Waals surface area contributed by atoms with Crippen LogP contribution in [0.3, 0.4) is 0 Å². The molecule has 2 saturated heterocycles. The van der Waals surface area contributed by atoms with E-state index in [0.717, 1.165) is 58.4 Å². The Labute approximate surface area is 213 Å². The average molecular weight is 497 g/mol. The van der Waals surface area contributed by atoms with Crippen molar-refractivity contribution in [1.82, 2.24) is 20.1 Å². The van der Waals surface area contributed by atoms with Crippen LogP contribution < -0.4 is 5.32 Å². The average Bonchev–Trinajstić information content (AvgIpc) is 2.84. The molecule has 2 fully saturated rings. The van der Waals surface area contributed by atoms with Crippen molar-refractivity contribution in [2.24, 2.45) is 5.92 Å². The van der Waals surface area contributed by atoms with Crippen LogP contribution >= 0.6 is 0 Å². The maximum absolute atomic E-state index is 13.5. The van der Waals surface area contributed by atoms with E-state index in [1.807, 2.05) is 25.7 Å². The number of benzene rings is 1. The summed E-state index contributed by atoms with van der Waals surface area (Å²) in [6.45, 7) is 10.00. The van der Waals surface area contributed by atoms with Gasteiger partial charge in [0.05, 0.1) is 11.3 Å². The van der Waals surface area contributed by atoms with Gasteiger partial charge < -0.3 is 19.9 Å². The second kappa shape index (κ2) is 11.4. The summed E-state index contributed by atoms with van der Waals surface area (Å²) in [6.07, 6.45) is 5.24. The highest BCUT2D eigenvalue weighted by molar-refractivity contribution is 5.94. The van der Waals surface area contributed by atoms with E-state index in [0.29, 0.717) is 22.7 Å². The zero-order valence-electron chi connectivity index (χ0n) is 21.5. The lowest BCUT2D eigenvalue weighted by molar-refractivity contribution is 0.0139. The number of piperidine rings is 2. The molecular formula is C28H37FN4O3. The van der Waals surface area contributed by atoms with Gasteiger partial charge >= 0.3 is 6.09 Å². The van der Waals surface area contributed by atoms with Gasteiger partial charge in [0.15, 0.2) is 0 Å². The smallest absolute Gasteiger partial charge is 0.410 e. The van der Waals surface area contributed by atoms with Gasteiger partial charge in [0.25, 0.3) is 5.91 Å². The monoisotopic (exact) mass is 496 g/mol. The van der Waals surface area contributed by atoms with Gasteiger partial charge in [-0.2, -0.15) is 0 Å². The number of hydrogen-bond donors (Lipinski definition) is 1. The Kier molecular flexibility index (Phi) is 8.24. The fourth-order valence-electron chi connectivity index (χ4n) is 4.95. The third-order valence-corrected chi connectivity index (χ3v) is 6.76. The first kappa shape index (κ1) is 26.1. The largest absolute Gasteiger partial charge is 0.444 e. The number of nitrogens with one attached hydrogen (secondary N) is 1. The molecule has 1 aromatic carbocycles. The van der Waals surface area contributed by atoms with E-state index in [9.17, 15) is 14.0 Å². The molecule has 36 heavy (non-hydrogen) atoms. The van der Waals surface area contributed by atoms with Crippen LogP contribution in [0.2, 0.25) is 0 Å². The van der Waals surface area contributed by atoms with Crippen molar-refractivity contribution < 1.29 is 18.7 Å². The highest BCUT2D eigenvalue weighted by Gasteiger charge is 2.30. The van der Waals surface area contributed by atoms with Crippen molar-refractivity contribution in [1.29, 1.82) is 0 Å². The highest BCUT2D eigenvalue weighted by atomic mass is 19.1. The van der Waals surface area contributed by atoms with Gasteiger partial charge in [0.1, 0.15) is 11.4 Å². The molecule has 2 aliphatic rings. The Balaban J connectivity index is 1.22. The summed E-state index contributed by atoms with van der Waals surface area (Å²) in [5.41, 5.74) is 1.34. The van der Waals surface area contributed by atoms with Crippen molar-refractivity contribution in [3.05, 3.63) is 54.0 Å². The van der Waals surface area contributed by atoms with Gasteiger partial charge in [-0.05, 0) is 76.6 Å². The first-order valence-electron chi connectivity index (χ1n) is 12.9. The lowest BCUT2D eigenvalue weighted by Gasteiger charge is -2.38. The van der Waals surface area contributed by atoms with Crippen LogP contribution in [0.15, 0.2) is 42.6 Å². The molecule has 1 atom stereocenters. The zero-order valence-corrected chi connectivity index (χ0v) is 21.5. The maximum atomic E-state index is 13.5. The van der Waals surface area contributed by atoms with E-state index < -0.39 is 5.60 Å². The predicted molar refractivity (Wildman–Crippen MR) is 137 cm³/mol. The molecule has 4 rings (SSSR count). The second-order valence-electron chi connectivity index (χ2n) is 10.9. The minimum atomic E-state index is -0.476. The molecule has 8 heteroatoms. The Hall–Kier alpha value is -3.00. The molecule has 194 valence electrons. The molecule has 1 unspecified atom stereocenters. The van der Waals surface area contributed by atoms with Crippen molar-refractivity contribution in [3.8, 4) is 11.3 Å². The van der Waals surface area contributed by atoms with Gasteiger partial charge in [-0.1, -0.05) is 12.1 Å². The molecule has 0 saturated carbocycles. The highest BCUT2D eigenvalue weighted by Crippen LogP contribution is 2.22. The standard InChI is InChI=1S/C28H37FN4O3/c1-28(2,3)36-27(35)33-13-5-6-20(19-33)18-32-14-11-24(12-15-32)31-26(34)22-9-10-25(30-17-22)21-7-4-8-23(29)16-21/h4,7-10,16-17,20,24H,5-6,11-15,18-19H2,1-3H3,(H,31,34). The number of ether oxygens (including phenoxy) is 1. The lowest BCUT2D eigenvalue weighted by Crippen LogP contribution is -2.49. The first-order chi connectivity index (χ1) is 17.2. The van der Waals surface area contributed by atoms with Crippen LogP contribution in [0.1, 0.15) is 56.8 Å². The summed E-state index contributed by atoms with van der Waals surface area (Å²) in [5, 5.41) is 3.14. The number of hydrogen-bond acceptors (Lipinski definition) is 5. The molecule has 1 aromatic heterocycles. The molecule has 0 aliphatic carbocycles. The number of rotatable bonds is 5. The fraction of sp³-hybridized carbons (Fsp3) is 0.536. The van der Waals surface area contributed by atoms with Crippen molar-refractivity contribution >= 4 is 12.0 Å². The number of aromatic nitrogens is 1. The quantitative estimate of drug-likeness (QED) is 0.648. The summed E-state index contributed by atoms with van der Waals surface area (Å²) in [6, 6.07) is 9.87. The van der Waals surface area contributed by atoms with Crippen molar-refractivity contribution in [2.75, 3.05) is 32.7 Å². The maximum Gasteiger partial charge on any atom is 0.410 e. The van der Waals surface area contributed by atoms with E-state index in [1.165, 1.54) is 12.1 Å². The third-order valence-electron chi connectivity index (χ3n) is 6.76. The Morgan fingerprint density at radius 3 is 2.56 bits per heavy atom. The van der Waals surface area contributed by atoms with Crippen LogP contribution in [0.25, 0.3) is 11.3 Å². The fourth-order valence-corrected chi connectivity index (χ4v) is 4.95. The van der Waals surface area contributed by atoms with Gasteiger partial charge in [0, 0.05) is 50.5 Å². The topological polar surface area (TPSA) is 74.8 Å². The van der Waals surface area contributed by atoms with Crippen LogP contribution in [0.4, 0.5) is 9.18 Å². The Morgan fingerprint density at radius 1 is 1.11 bits per heavy atom. The van der Waals surface area contributed by atoms with Crippen LogP contribution in [-0.4, -0.2) is 71.2 Å². The van der Waals surface area contributed by atoms with Gasteiger partial charge in [-0.3, -0.25) is 9.78 Å². The lowest BCUT2D eigenvalue weighted by atomic mass is 9.96. The summed E-state index contributed by atoms with van der Waals surface area (Å²) in [4.78, 5) is 33.8. The van der Waals surface area contributed by atoms with Crippen molar-refractivity contribution in [3.63, 3.8) is 0 Å². The van der Waals surface area contributed by atoms with Crippen LogP contribution in [0.5, 0.6) is 0 Å². The molecule has 0 radical (unpaired) electrons. The number of carbonyl (C=O) groups is 2. The first-order valence-corrected chi connectivity index (χ1v) is 12.9. The Bertz CT molecular complexity index is 1050. The Morgan fingerprint density at radius 2 is 1.89 bits per heavy atom. The number of halogens is 1. The molecule has 2 amide bonds. The zero-order chi connectivity index (χ0) is 25.7. The molecule has 7 nitrogen and oxygen atoms in total. The molecule has 3 heterocycles. The molecule has 1 N–H and O–H groups in total. The van der Waals surface area contributed by atoms with E-state index in [4.69, 9.17) is 4.74 Å². The SMILES string of the molecule is CC(C)(C)OC(=O)N1CCCC(CN2CCC(NC(=O)c3ccc(-c4cccc(F)c4)nc3)CC2)C1. The summed E-state index contributed by atoms with van der Waals surface area (Å²) >= 11 is 0. The van der Waals surface area contributed by atoms with Gasteiger partial charge in [0.2, 0.25) is 0 Å². The normalized spacial score (nSPS) is 19.7. The van der Waals surface area contributed by atoms with Gasteiger partial charge in [-0.25, -0.2) is 9.18 Å². The molecule has 0 bridgehead atoms. The molecular weight excluding hydrogens is 459 g/mol. The van der Waals surface area contributed by atoms with Gasteiger partial charge in [-0.15, -0.1) is 0 Å². The number of carbonyl (C=O) groups excluding carboxylic acids is 2. The summed E-state index contributed by atoms with van der Waals surface area (Å²) < 4.78 is 19.0. The molecule has 2 aromatic rings. The predicted octanol–water partition coefficient (Wildman–Crippen LogP) is 4.73. The van der Waals surface area contributed by atoms with E-state index >= 15 is 0 Å². The van der Waals surface area contributed by atoms with Crippen LogP contribution in [-0.2, 0) is 4.74 Å². The van der Waals surface area contributed by atoms with E-state index in [1.54, 1.807) is 30.5 Å². The minimum Gasteiger partial charge on any atom is -0.444 e. The molecule has 0 spiro atoms. The number of nitrogens with zero attached hydrogens (tertiary/aromatic N) is 3. The molecule has 2 aliphatic heterocycles. The van der Waals surface area contributed by atoms with Crippen molar-refractivity contribution in [2.45, 2.75) is 58.1 Å². The van der Waals surface area contributed by atoms with Crippen LogP contribution in [0, 0.1) is 11.7 Å². The third kappa shape index (κ3) is 7.26. The van der Waals surface area contributed by atoms with E-state index in [2.05, 4.69) is 15.2 Å². The van der Waals surface area contributed by atoms with E-state index in [-0.39, 0.29) is 23.9 Å². The number of pyridine rings is 1.